The first-order chi connectivity index (χ1) is 10.1. The van der Waals surface area contributed by atoms with Gasteiger partial charge in [0.05, 0.1) is 37.2 Å². The molecule has 1 aromatic rings. The highest BCUT2D eigenvalue weighted by Gasteiger charge is 2.38. The number of hydrogen-bond acceptors (Lipinski definition) is 5. The number of nitro groups is 1. The normalized spacial score (nSPS) is 23.9. The first-order valence-corrected chi connectivity index (χ1v) is 7.13. The van der Waals surface area contributed by atoms with Gasteiger partial charge < -0.3 is 31.5 Å². The monoisotopic (exact) mass is 330 g/mol. The van der Waals surface area contributed by atoms with E-state index in [-0.39, 0.29) is 18.1 Å². The first kappa shape index (κ1) is 16.8. The highest BCUT2D eigenvalue weighted by atomic mass is 35.5. The second kappa shape index (κ2) is 6.68. The molecule has 3 rings (SSSR count). The Hall–Kier alpha value is -1.57. The van der Waals surface area contributed by atoms with E-state index in [1.54, 1.807) is 6.07 Å². The number of fused-ring (bicyclic) bond motifs is 1. The largest absolute Gasteiger partial charge is 1.00 e. The molecule has 22 heavy (non-hydrogen) atoms. The van der Waals surface area contributed by atoms with Gasteiger partial charge in [-0.1, -0.05) is 0 Å². The summed E-state index contributed by atoms with van der Waals surface area (Å²) >= 11 is 0. The van der Waals surface area contributed by atoms with Crippen molar-refractivity contribution in [1.29, 1.82) is 0 Å². The number of nitrogens with one attached hydrogen (secondary N) is 1. The van der Waals surface area contributed by atoms with Gasteiger partial charge in [0.2, 0.25) is 0 Å². The summed E-state index contributed by atoms with van der Waals surface area (Å²) in [6, 6.07) is 4.45. The molecule has 1 N–H and O–H groups in total. The molecule has 0 aliphatic carbocycles. The van der Waals surface area contributed by atoms with Gasteiger partial charge in [0.1, 0.15) is 13.1 Å². The van der Waals surface area contributed by atoms with E-state index in [1.165, 1.54) is 17.0 Å². The molecular weight excluding hydrogens is 312 g/mol. The molecule has 0 aromatic heterocycles. The predicted octanol–water partition coefficient (Wildman–Crippen LogP) is -2.61. The third-order valence-corrected chi connectivity index (χ3v) is 3.92. The maximum absolute atomic E-state index is 10.8. The maximum atomic E-state index is 10.8. The zero-order valence-electron chi connectivity index (χ0n) is 12.3. The zero-order chi connectivity index (χ0) is 14.9. The molecule has 1 atom stereocenters. The molecule has 122 valence electrons. The minimum Gasteiger partial charge on any atom is -1.00 e. The summed E-state index contributed by atoms with van der Waals surface area (Å²) in [6.07, 6.45) is 0.727. The summed E-state index contributed by atoms with van der Waals surface area (Å²) in [5, 5.41) is 10.8. The first-order valence-electron chi connectivity index (χ1n) is 7.13. The van der Waals surface area contributed by atoms with Crippen LogP contribution in [0.25, 0.3) is 0 Å². The topological polar surface area (TPSA) is 75.3 Å². The number of quaternary nitrogens is 1. The van der Waals surface area contributed by atoms with E-state index < -0.39 is 10.7 Å². The molecule has 2 aliphatic rings. The molecule has 2 aliphatic heterocycles. The van der Waals surface area contributed by atoms with Crippen molar-refractivity contribution in [1.82, 2.24) is 0 Å². The van der Waals surface area contributed by atoms with Gasteiger partial charge in [0, 0.05) is 13.0 Å². The molecule has 0 spiro atoms. The highest BCUT2D eigenvalue weighted by Crippen LogP contribution is 2.42. The van der Waals surface area contributed by atoms with Gasteiger partial charge in [-0.05, 0) is 6.07 Å². The average Bonchev–Trinajstić information content (AvgIpc) is 2.82. The Morgan fingerprint density at radius 3 is 2.64 bits per heavy atom. The molecule has 1 fully saturated rings. The zero-order valence-corrected chi connectivity index (χ0v) is 13.1. The fourth-order valence-corrected chi connectivity index (χ4v) is 2.68. The third kappa shape index (κ3) is 3.60. The van der Waals surface area contributed by atoms with Crippen LogP contribution in [0.1, 0.15) is 13.3 Å². The Morgan fingerprint density at radius 2 is 1.95 bits per heavy atom. The number of nitro benzene ring substituents is 1. The van der Waals surface area contributed by atoms with Gasteiger partial charge in [-0.15, -0.1) is 0 Å². The van der Waals surface area contributed by atoms with Gasteiger partial charge >= 0.3 is 0 Å². The van der Waals surface area contributed by atoms with Crippen molar-refractivity contribution in [2.45, 2.75) is 19.1 Å². The predicted molar refractivity (Wildman–Crippen MR) is 73.8 cm³/mol. The van der Waals surface area contributed by atoms with Crippen molar-refractivity contribution in [2.24, 2.45) is 0 Å². The van der Waals surface area contributed by atoms with Crippen LogP contribution >= 0.6 is 0 Å². The van der Waals surface area contributed by atoms with E-state index >= 15 is 0 Å². The molecule has 2 heterocycles. The maximum Gasteiger partial charge on any atom is 0.273 e. The fraction of sp³-hybridized carbons (Fsp3) is 0.571. The van der Waals surface area contributed by atoms with Crippen molar-refractivity contribution in [3.8, 4) is 11.5 Å². The van der Waals surface area contributed by atoms with Crippen LogP contribution < -0.4 is 26.8 Å². The SMILES string of the molecule is CC1(CC[NH+]2CCOCC2)Oc2ccc([N+](=O)[O-])cc2O1.[Cl-]. The van der Waals surface area contributed by atoms with Crippen LogP contribution in [0.4, 0.5) is 5.69 Å². The summed E-state index contributed by atoms with van der Waals surface area (Å²) in [5.41, 5.74) is 0.0143. The summed E-state index contributed by atoms with van der Waals surface area (Å²) in [7, 11) is 0. The Morgan fingerprint density at radius 1 is 1.27 bits per heavy atom. The van der Waals surface area contributed by atoms with Crippen LogP contribution in [0.15, 0.2) is 18.2 Å². The van der Waals surface area contributed by atoms with E-state index in [4.69, 9.17) is 14.2 Å². The number of halogens is 1. The summed E-state index contributed by atoms with van der Waals surface area (Å²) in [6.45, 7) is 6.37. The van der Waals surface area contributed by atoms with Crippen LogP contribution in [0, 0.1) is 10.1 Å². The Kier molecular flexibility index (Phi) is 5.10. The number of ether oxygens (including phenoxy) is 3. The third-order valence-electron chi connectivity index (χ3n) is 3.92. The van der Waals surface area contributed by atoms with Crippen molar-refractivity contribution in [3.63, 3.8) is 0 Å². The van der Waals surface area contributed by atoms with Crippen molar-refractivity contribution in [3.05, 3.63) is 28.3 Å². The van der Waals surface area contributed by atoms with Gasteiger partial charge in [-0.25, -0.2) is 0 Å². The van der Waals surface area contributed by atoms with Crippen molar-refractivity contribution >= 4 is 5.69 Å². The highest BCUT2D eigenvalue weighted by molar-refractivity contribution is 5.50. The molecular formula is C14H19ClN2O5. The fourth-order valence-electron chi connectivity index (χ4n) is 2.68. The molecule has 0 saturated carbocycles. The lowest BCUT2D eigenvalue weighted by Gasteiger charge is -2.28. The lowest BCUT2D eigenvalue weighted by molar-refractivity contribution is -0.909. The van der Waals surface area contributed by atoms with Crippen LogP contribution in [0.2, 0.25) is 0 Å². The minimum absolute atomic E-state index is 0. The number of rotatable bonds is 4. The minimum atomic E-state index is -0.747. The number of hydrogen-bond donors (Lipinski definition) is 1. The van der Waals surface area contributed by atoms with Gasteiger partial charge in [0.15, 0.2) is 11.5 Å². The quantitative estimate of drug-likeness (QED) is 0.484. The lowest BCUT2D eigenvalue weighted by atomic mass is 10.2. The molecule has 1 aromatic carbocycles. The molecule has 0 bridgehead atoms. The summed E-state index contributed by atoms with van der Waals surface area (Å²) in [4.78, 5) is 11.8. The molecule has 0 amide bonds. The number of non-ortho nitro benzene ring substituents is 1. The van der Waals surface area contributed by atoms with Crippen LogP contribution in [0.3, 0.4) is 0 Å². The van der Waals surface area contributed by atoms with E-state index in [0.29, 0.717) is 11.5 Å². The van der Waals surface area contributed by atoms with Crippen molar-refractivity contribution in [2.75, 3.05) is 32.8 Å². The second-order valence-electron chi connectivity index (χ2n) is 5.59. The Bertz CT molecular complexity index is 550. The summed E-state index contributed by atoms with van der Waals surface area (Å²) < 4.78 is 17.0. The number of nitrogens with zero attached hydrogens (tertiary/aromatic N) is 1. The lowest BCUT2D eigenvalue weighted by Crippen LogP contribution is -3.14. The molecule has 0 radical (unpaired) electrons. The number of morpholine rings is 1. The molecule has 1 saturated heterocycles. The Balaban J connectivity index is 0.00000176. The van der Waals surface area contributed by atoms with Crippen LogP contribution in [-0.2, 0) is 4.74 Å². The average molecular weight is 331 g/mol. The number of benzene rings is 1. The molecule has 8 heteroatoms. The van der Waals surface area contributed by atoms with E-state index in [2.05, 4.69) is 0 Å². The van der Waals surface area contributed by atoms with Gasteiger partial charge in [0.25, 0.3) is 11.5 Å². The van der Waals surface area contributed by atoms with Gasteiger partial charge in [-0.3, -0.25) is 10.1 Å². The second-order valence-corrected chi connectivity index (χ2v) is 5.59. The molecule has 7 nitrogen and oxygen atoms in total. The van der Waals surface area contributed by atoms with Crippen LogP contribution in [0.5, 0.6) is 11.5 Å². The smallest absolute Gasteiger partial charge is 0.273 e. The summed E-state index contributed by atoms with van der Waals surface area (Å²) in [5.74, 6) is 0.270. The van der Waals surface area contributed by atoms with Crippen molar-refractivity contribution < 1.29 is 36.4 Å². The van der Waals surface area contributed by atoms with E-state index in [1.807, 2.05) is 6.92 Å². The van der Waals surface area contributed by atoms with Crippen LogP contribution in [-0.4, -0.2) is 43.6 Å². The van der Waals surface area contributed by atoms with Gasteiger partial charge in [-0.2, -0.15) is 0 Å². The Labute approximate surface area is 134 Å². The van der Waals surface area contributed by atoms with E-state index in [0.717, 1.165) is 39.3 Å². The standard InChI is InChI=1S/C14H18N2O5.ClH/c1-14(4-5-15-6-8-19-9-7-15)20-12-3-2-11(16(17)18)10-13(12)21-14;/h2-3,10H,4-9H2,1H3;1H. The van der Waals surface area contributed by atoms with E-state index in [9.17, 15) is 10.1 Å². The molecule has 1 unspecified atom stereocenters.